The molecule has 0 radical (unpaired) electrons. The van der Waals surface area contributed by atoms with Crippen molar-refractivity contribution in [2.24, 2.45) is 0 Å². The fraction of sp³-hybridized carbons (Fsp3) is 0.333. The Hall–Kier alpha value is -0.546. The summed E-state index contributed by atoms with van der Waals surface area (Å²) in [5.74, 6) is 0. The summed E-state index contributed by atoms with van der Waals surface area (Å²) in [5.41, 5.74) is 2.87. The van der Waals surface area contributed by atoms with E-state index in [0.717, 1.165) is 6.42 Å². The van der Waals surface area contributed by atoms with Crippen molar-refractivity contribution >= 4 is 0 Å². The molecule has 0 aliphatic heterocycles. The molecular weight excluding hydrogens is 203 g/mol. The van der Waals surface area contributed by atoms with Crippen LogP contribution in [0.5, 0.6) is 0 Å². The summed E-state index contributed by atoms with van der Waals surface area (Å²) in [7, 11) is 0. The van der Waals surface area contributed by atoms with Gasteiger partial charge in [0, 0.05) is 16.5 Å². The Bertz CT molecular complexity index is 252. The average molecular weight is 219 g/mol. The molecule has 2 aliphatic carbocycles. The first-order valence-electron chi connectivity index (χ1n) is 4.44. The maximum absolute atomic E-state index is 2.21. The van der Waals surface area contributed by atoms with Crippen molar-refractivity contribution < 1.29 is 16.5 Å². The van der Waals surface area contributed by atoms with Gasteiger partial charge in [0.15, 0.2) is 0 Å². The molecule has 0 aromatic heterocycles. The van der Waals surface area contributed by atoms with Crippen molar-refractivity contribution in [3.8, 4) is 0 Å². The Balaban J connectivity index is 0.000000206. The smallest absolute Gasteiger partial charge is 0 e. The van der Waals surface area contributed by atoms with Crippen LogP contribution >= 0.6 is 0 Å². The third-order valence-electron chi connectivity index (χ3n) is 1.91. The minimum Gasteiger partial charge on any atom is -0.0805 e. The summed E-state index contributed by atoms with van der Waals surface area (Å²) in [6.45, 7) is 4.25. The number of hydrogen-bond donors (Lipinski definition) is 0. The monoisotopic (exact) mass is 218 g/mol. The predicted molar refractivity (Wildman–Crippen MR) is 55.0 cm³/mol. The first-order chi connectivity index (χ1) is 5.79. The molecule has 0 aromatic carbocycles. The molecule has 2 rings (SSSR count). The van der Waals surface area contributed by atoms with Crippen LogP contribution in [0.1, 0.15) is 26.7 Å². The van der Waals surface area contributed by atoms with E-state index in [2.05, 4.69) is 50.3 Å². The molecule has 0 N–H and O–H groups in total. The first kappa shape index (κ1) is 12.5. The van der Waals surface area contributed by atoms with Crippen LogP contribution in [0.25, 0.3) is 0 Å². The van der Waals surface area contributed by atoms with Crippen LogP contribution in [0.4, 0.5) is 0 Å². The third-order valence-corrected chi connectivity index (χ3v) is 1.91. The minimum absolute atomic E-state index is 0. The van der Waals surface area contributed by atoms with Crippen molar-refractivity contribution in [1.82, 2.24) is 0 Å². The van der Waals surface area contributed by atoms with Crippen LogP contribution in [0.3, 0.4) is 0 Å². The van der Waals surface area contributed by atoms with E-state index in [1.807, 2.05) is 0 Å². The molecule has 0 spiro atoms. The zero-order valence-electron chi connectivity index (χ0n) is 8.19. The molecule has 0 heterocycles. The normalized spacial score (nSPS) is 17.1. The van der Waals surface area contributed by atoms with Crippen LogP contribution in [0.2, 0.25) is 0 Å². The SMILES string of the molecule is CC1=CC=CC1.CC1=CCC=C1.[Ni]. The molecule has 0 unspecified atom stereocenters. The van der Waals surface area contributed by atoms with Gasteiger partial charge in [-0.1, -0.05) is 47.6 Å². The van der Waals surface area contributed by atoms with Gasteiger partial charge in [0.05, 0.1) is 0 Å². The zero-order valence-corrected chi connectivity index (χ0v) is 9.18. The Labute approximate surface area is 91.0 Å². The Morgan fingerprint density at radius 3 is 2.08 bits per heavy atom. The van der Waals surface area contributed by atoms with Crippen molar-refractivity contribution in [2.75, 3.05) is 0 Å². The maximum Gasteiger partial charge on any atom is 0 e. The number of rotatable bonds is 0. The molecule has 0 atom stereocenters. The van der Waals surface area contributed by atoms with Gasteiger partial charge in [0.2, 0.25) is 0 Å². The summed E-state index contributed by atoms with van der Waals surface area (Å²) in [5, 5.41) is 0. The van der Waals surface area contributed by atoms with Crippen molar-refractivity contribution in [1.29, 1.82) is 0 Å². The summed E-state index contributed by atoms with van der Waals surface area (Å²) >= 11 is 0. The van der Waals surface area contributed by atoms with Gasteiger partial charge in [-0.25, -0.2) is 0 Å². The second-order valence-electron chi connectivity index (χ2n) is 3.23. The average Bonchev–Trinajstić information content (AvgIpc) is 2.63. The van der Waals surface area contributed by atoms with Gasteiger partial charge in [0.25, 0.3) is 0 Å². The summed E-state index contributed by atoms with van der Waals surface area (Å²) < 4.78 is 0. The molecule has 0 bridgehead atoms. The van der Waals surface area contributed by atoms with Gasteiger partial charge < -0.3 is 0 Å². The van der Waals surface area contributed by atoms with E-state index >= 15 is 0 Å². The van der Waals surface area contributed by atoms with E-state index in [4.69, 9.17) is 0 Å². The third kappa shape index (κ3) is 5.66. The quantitative estimate of drug-likeness (QED) is 0.543. The Kier molecular flexibility index (Phi) is 6.62. The number of hydrogen-bond acceptors (Lipinski definition) is 0. The molecule has 13 heavy (non-hydrogen) atoms. The fourth-order valence-electron chi connectivity index (χ4n) is 1.13. The molecule has 0 saturated heterocycles. The van der Waals surface area contributed by atoms with Gasteiger partial charge in [-0.15, -0.1) is 0 Å². The molecular formula is C12H16Ni. The molecule has 1 heteroatoms. The molecule has 0 fully saturated rings. The largest absolute Gasteiger partial charge is 0.0805 e. The van der Waals surface area contributed by atoms with E-state index in [9.17, 15) is 0 Å². The van der Waals surface area contributed by atoms with Crippen LogP contribution in [0, 0.1) is 0 Å². The van der Waals surface area contributed by atoms with Gasteiger partial charge in [0.1, 0.15) is 0 Å². The van der Waals surface area contributed by atoms with Gasteiger partial charge in [-0.3, -0.25) is 0 Å². The molecule has 0 saturated carbocycles. The molecule has 74 valence electrons. The minimum atomic E-state index is 0. The first-order valence-corrected chi connectivity index (χ1v) is 4.44. The Morgan fingerprint density at radius 2 is 1.92 bits per heavy atom. The van der Waals surface area contributed by atoms with E-state index in [-0.39, 0.29) is 16.5 Å². The van der Waals surface area contributed by atoms with Crippen LogP contribution in [0.15, 0.2) is 47.6 Å². The van der Waals surface area contributed by atoms with Crippen LogP contribution < -0.4 is 0 Å². The molecule has 0 amide bonds. The molecule has 0 aromatic rings. The van der Waals surface area contributed by atoms with Crippen molar-refractivity contribution in [3.05, 3.63) is 47.6 Å². The zero-order chi connectivity index (χ0) is 8.81. The van der Waals surface area contributed by atoms with Gasteiger partial charge in [-0.2, -0.15) is 0 Å². The topological polar surface area (TPSA) is 0 Å². The maximum atomic E-state index is 2.21. The van der Waals surface area contributed by atoms with Gasteiger partial charge >= 0.3 is 0 Å². The summed E-state index contributed by atoms with van der Waals surface area (Å²) in [4.78, 5) is 0. The van der Waals surface area contributed by atoms with Crippen LogP contribution in [-0.2, 0) is 16.5 Å². The standard InChI is InChI=1S/2C6H8.Ni/c2*1-6-4-2-3-5-6;/h2,4-5H,3H2,1H3;2-4H,5H2,1H3;. The Morgan fingerprint density at radius 1 is 1.15 bits per heavy atom. The fourth-order valence-corrected chi connectivity index (χ4v) is 1.13. The second kappa shape index (κ2) is 6.91. The predicted octanol–water partition coefficient (Wildman–Crippen LogP) is 3.78. The summed E-state index contributed by atoms with van der Waals surface area (Å²) in [6.07, 6.45) is 15.2. The second-order valence-corrected chi connectivity index (χ2v) is 3.23. The van der Waals surface area contributed by atoms with E-state index in [1.54, 1.807) is 0 Å². The van der Waals surface area contributed by atoms with E-state index in [1.165, 1.54) is 17.6 Å². The van der Waals surface area contributed by atoms with Gasteiger partial charge in [-0.05, 0) is 26.7 Å². The van der Waals surface area contributed by atoms with E-state index in [0.29, 0.717) is 0 Å². The van der Waals surface area contributed by atoms with E-state index < -0.39 is 0 Å². The number of allylic oxidation sites excluding steroid dienone is 8. The van der Waals surface area contributed by atoms with Crippen molar-refractivity contribution in [2.45, 2.75) is 26.7 Å². The van der Waals surface area contributed by atoms with Crippen molar-refractivity contribution in [3.63, 3.8) is 0 Å². The summed E-state index contributed by atoms with van der Waals surface area (Å²) in [6, 6.07) is 0. The van der Waals surface area contributed by atoms with Crippen LogP contribution in [-0.4, -0.2) is 0 Å². The molecule has 2 aliphatic rings. The molecule has 0 nitrogen and oxygen atoms in total.